The highest BCUT2D eigenvalue weighted by molar-refractivity contribution is 5.83. The van der Waals surface area contributed by atoms with Gasteiger partial charge in [0.1, 0.15) is 0 Å². The van der Waals surface area contributed by atoms with Crippen molar-refractivity contribution in [3.63, 3.8) is 0 Å². The van der Waals surface area contributed by atoms with E-state index in [1.54, 1.807) is 0 Å². The third kappa shape index (κ3) is 2.43. The van der Waals surface area contributed by atoms with Gasteiger partial charge in [-0.05, 0) is 31.2 Å². The van der Waals surface area contributed by atoms with Crippen molar-refractivity contribution in [3.05, 3.63) is 35.9 Å². The molecule has 0 radical (unpaired) electrons. The summed E-state index contributed by atoms with van der Waals surface area (Å²) in [6.45, 7) is 4.14. The van der Waals surface area contributed by atoms with Crippen LogP contribution in [-0.4, -0.2) is 11.9 Å². The van der Waals surface area contributed by atoms with Gasteiger partial charge < -0.3 is 5.32 Å². The van der Waals surface area contributed by atoms with E-state index < -0.39 is 0 Å². The molecule has 2 rings (SSSR count). The fourth-order valence-electron chi connectivity index (χ4n) is 2.01. The smallest absolute Gasteiger partial charge is 0.223 e. The molecule has 1 aliphatic rings. The first-order valence-corrected chi connectivity index (χ1v) is 6.07. The zero-order valence-corrected chi connectivity index (χ0v) is 9.94. The van der Waals surface area contributed by atoms with E-state index in [4.69, 9.17) is 0 Å². The molecule has 1 aromatic carbocycles. The SMILES string of the molecule is CC[C@@H](C)NC(=O)[C@H]1C[C@@H]1c1ccccc1. The molecule has 86 valence electrons. The quantitative estimate of drug-likeness (QED) is 0.825. The highest BCUT2D eigenvalue weighted by atomic mass is 16.2. The predicted octanol–water partition coefficient (Wildman–Crippen LogP) is 2.70. The summed E-state index contributed by atoms with van der Waals surface area (Å²) >= 11 is 0. The maximum Gasteiger partial charge on any atom is 0.223 e. The van der Waals surface area contributed by atoms with Gasteiger partial charge in [-0.1, -0.05) is 37.3 Å². The van der Waals surface area contributed by atoms with Gasteiger partial charge in [-0.3, -0.25) is 4.79 Å². The van der Waals surface area contributed by atoms with Crippen LogP contribution in [0.1, 0.15) is 38.2 Å². The number of carbonyl (C=O) groups is 1. The first-order chi connectivity index (χ1) is 7.72. The molecule has 0 unspecified atom stereocenters. The average molecular weight is 217 g/mol. The fraction of sp³-hybridized carbons (Fsp3) is 0.500. The van der Waals surface area contributed by atoms with E-state index in [2.05, 4.69) is 31.3 Å². The molecule has 1 fully saturated rings. The van der Waals surface area contributed by atoms with Crippen LogP contribution in [0.4, 0.5) is 0 Å². The van der Waals surface area contributed by atoms with Gasteiger partial charge in [0.15, 0.2) is 0 Å². The Hall–Kier alpha value is -1.31. The van der Waals surface area contributed by atoms with Crippen LogP contribution in [0.3, 0.4) is 0 Å². The Balaban J connectivity index is 1.89. The number of hydrogen-bond acceptors (Lipinski definition) is 1. The van der Waals surface area contributed by atoms with Gasteiger partial charge in [0, 0.05) is 12.0 Å². The van der Waals surface area contributed by atoms with Gasteiger partial charge in [-0.15, -0.1) is 0 Å². The summed E-state index contributed by atoms with van der Waals surface area (Å²) in [6.07, 6.45) is 2.00. The lowest BCUT2D eigenvalue weighted by molar-refractivity contribution is -0.123. The second-order valence-electron chi connectivity index (χ2n) is 4.68. The molecule has 1 amide bonds. The van der Waals surface area contributed by atoms with Crippen LogP contribution in [0.2, 0.25) is 0 Å². The van der Waals surface area contributed by atoms with Crippen LogP contribution < -0.4 is 5.32 Å². The van der Waals surface area contributed by atoms with E-state index in [0.717, 1.165) is 12.8 Å². The van der Waals surface area contributed by atoms with E-state index in [1.165, 1.54) is 5.56 Å². The summed E-state index contributed by atoms with van der Waals surface area (Å²) in [4.78, 5) is 11.8. The van der Waals surface area contributed by atoms with E-state index in [-0.39, 0.29) is 11.8 Å². The summed E-state index contributed by atoms with van der Waals surface area (Å²) < 4.78 is 0. The van der Waals surface area contributed by atoms with Crippen molar-refractivity contribution < 1.29 is 4.79 Å². The Morgan fingerprint density at radius 1 is 1.44 bits per heavy atom. The largest absolute Gasteiger partial charge is 0.353 e. The molecule has 1 aliphatic carbocycles. The minimum atomic E-state index is 0.205. The van der Waals surface area contributed by atoms with Crippen molar-refractivity contribution in [2.45, 2.75) is 38.6 Å². The topological polar surface area (TPSA) is 29.1 Å². The lowest BCUT2D eigenvalue weighted by Gasteiger charge is -2.10. The first kappa shape index (κ1) is 11.2. The maximum absolute atomic E-state index is 11.8. The standard InChI is InChI=1S/C14H19NO/c1-3-10(2)15-14(16)13-9-12(13)11-7-5-4-6-8-11/h4-8,10,12-13H,3,9H2,1-2H3,(H,15,16)/t10-,12-,13+/m1/s1. The van der Waals surface area contributed by atoms with Crippen molar-refractivity contribution in [2.24, 2.45) is 5.92 Å². The molecule has 1 N–H and O–H groups in total. The second kappa shape index (κ2) is 4.69. The maximum atomic E-state index is 11.8. The molecule has 1 saturated carbocycles. The molecule has 3 atom stereocenters. The minimum absolute atomic E-state index is 0.205. The van der Waals surface area contributed by atoms with Gasteiger partial charge in [-0.25, -0.2) is 0 Å². The zero-order valence-electron chi connectivity index (χ0n) is 9.94. The van der Waals surface area contributed by atoms with Gasteiger partial charge in [0.05, 0.1) is 0 Å². The van der Waals surface area contributed by atoms with Crippen LogP contribution in [0.5, 0.6) is 0 Å². The molecular weight excluding hydrogens is 198 g/mol. The van der Waals surface area contributed by atoms with Crippen LogP contribution in [0.15, 0.2) is 30.3 Å². The van der Waals surface area contributed by atoms with Crippen molar-refractivity contribution in [2.75, 3.05) is 0 Å². The predicted molar refractivity (Wildman–Crippen MR) is 65.2 cm³/mol. The molecule has 0 aliphatic heterocycles. The molecule has 0 saturated heterocycles. The van der Waals surface area contributed by atoms with Crippen LogP contribution >= 0.6 is 0 Å². The van der Waals surface area contributed by atoms with Crippen LogP contribution in [0.25, 0.3) is 0 Å². The van der Waals surface area contributed by atoms with Crippen molar-refractivity contribution in [1.82, 2.24) is 5.32 Å². The first-order valence-electron chi connectivity index (χ1n) is 6.07. The van der Waals surface area contributed by atoms with Crippen molar-refractivity contribution in [3.8, 4) is 0 Å². The molecule has 16 heavy (non-hydrogen) atoms. The Morgan fingerprint density at radius 3 is 2.75 bits per heavy atom. The third-order valence-corrected chi connectivity index (χ3v) is 3.36. The zero-order chi connectivity index (χ0) is 11.5. The van der Waals surface area contributed by atoms with E-state index in [1.807, 2.05) is 18.2 Å². The summed E-state index contributed by atoms with van der Waals surface area (Å²) in [5.41, 5.74) is 1.30. The summed E-state index contributed by atoms with van der Waals surface area (Å²) in [6, 6.07) is 10.6. The van der Waals surface area contributed by atoms with Gasteiger partial charge in [0.2, 0.25) is 5.91 Å². The van der Waals surface area contributed by atoms with E-state index in [0.29, 0.717) is 12.0 Å². The van der Waals surface area contributed by atoms with Gasteiger partial charge >= 0.3 is 0 Å². The lowest BCUT2D eigenvalue weighted by atomic mass is 10.1. The molecule has 0 aromatic heterocycles. The Kier molecular flexibility index (Phi) is 3.28. The van der Waals surface area contributed by atoms with Crippen molar-refractivity contribution in [1.29, 1.82) is 0 Å². The number of amides is 1. The molecule has 1 aromatic rings. The molecule has 0 spiro atoms. The molecule has 2 heteroatoms. The third-order valence-electron chi connectivity index (χ3n) is 3.36. The summed E-state index contributed by atoms with van der Waals surface area (Å²) in [7, 11) is 0. The summed E-state index contributed by atoms with van der Waals surface area (Å²) in [5, 5.41) is 3.05. The monoisotopic (exact) mass is 217 g/mol. The highest BCUT2D eigenvalue weighted by Crippen LogP contribution is 2.47. The minimum Gasteiger partial charge on any atom is -0.353 e. The normalized spacial score (nSPS) is 24.9. The van der Waals surface area contributed by atoms with Gasteiger partial charge in [0.25, 0.3) is 0 Å². The number of nitrogens with one attached hydrogen (secondary N) is 1. The Labute approximate surface area is 97.1 Å². The average Bonchev–Trinajstić information content (AvgIpc) is 3.10. The number of hydrogen-bond donors (Lipinski definition) is 1. The van der Waals surface area contributed by atoms with Crippen LogP contribution in [0, 0.1) is 5.92 Å². The van der Waals surface area contributed by atoms with Gasteiger partial charge in [-0.2, -0.15) is 0 Å². The Morgan fingerprint density at radius 2 is 2.12 bits per heavy atom. The number of rotatable bonds is 4. The summed E-state index contributed by atoms with van der Waals surface area (Å²) in [5.74, 6) is 0.879. The molecule has 0 heterocycles. The number of benzene rings is 1. The van der Waals surface area contributed by atoms with Crippen molar-refractivity contribution >= 4 is 5.91 Å². The molecule has 0 bridgehead atoms. The lowest BCUT2D eigenvalue weighted by Crippen LogP contribution is -2.33. The Bertz CT molecular complexity index is 360. The molecular formula is C14H19NO. The highest BCUT2D eigenvalue weighted by Gasteiger charge is 2.43. The van der Waals surface area contributed by atoms with Crippen LogP contribution in [-0.2, 0) is 4.79 Å². The fourth-order valence-corrected chi connectivity index (χ4v) is 2.01. The number of carbonyl (C=O) groups excluding carboxylic acids is 1. The molecule has 2 nitrogen and oxygen atoms in total. The van der Waals surface area contributed by atoms with E-state index >= 15 is 0 Å². The van der Waals surface area contributed by atoms with E-state index in [9.17, 15) is 4.79 Å². The second-order valence-corrected chi connectivity index (χ2v) is 4.68.